The molecule has 0 radical (unpaired) electrons. The maximum Gasteiger partial charge on any atom is 0.306 e. The number of phosphoric ester groups is 1. The molecule has 9 nitrogen and oxygen atoms in total. The van der Waals surface area contributed by atoms with Crippen LogP contribution in [-0.4, -0.2) is 70.0 Å². The zero-order valence-corrected chi connectivity index (χ0v) is 35.3. The molecule has 0 amide bonds. The number of quaternary nitrogens is 1. The van der Waals surface area contributed by atoms with E-state index in [1.807, 2.05) is 21.1 Å². The summed E-state index contributed by atoms with van der Waals surface area (Å²) in [4.78, 5) is 37.4. The summed E-state index contributed by atoms with van der Waals surface area (Å²) in [5.41, 5.74) is 0. The second kappa shape index (κ2) is 35.9. The molecule has 0 saturated carbocycles. The Kier molecular flexibility index (Phi) is 34.0. The standard InChI is InChI=1S/C44H74NO8P/c1-6-8-10-12-14-16-18-20-22-24-26-28-30-32-34-36-43(46)50-40-42(41-52-54(48,49)51-39-38-45(3,4)5)53-44(47)37-35-33-31-29-27-25-23-21-19-17-15-13-11-9-7-2/h8-11,14-17,20-23,27,29,42H,6-7,12-13,18-19,24-26,28,30-41H2,1-5H3/b10-8-,11-9-,16-14-,17-15-,22-20-,23-21-,29-27-/t42-/m1/s1. The van der Waals surface area contributed by atoms with Crippen molar-refractivity contribution in [2.24, 2.45) is 0 Å². The van der Waals surface area contributed by atoms with Crippen LogP contribution >= 0.6 is 7.82 Å². The summed E-state index contributed by atoms with van der Waals surface area (Å²) in [5.74, 6) is -0.915. The molecule has 0 fully saturated rings. The molecule has 1 unspecified atom stereocenters. The number of carbonyl (C=O) groups is 2. The molecule has 0 N–H and O–H groups in total. The van der Waals surface area contributed by atoms with E-state index in [1.165, 1.54) is 0 Å². The molecular weight excluding hydrogens is 701 g/mol. The van der Waals surface area contributed by atoms with Crippen molar-refractivity contribution >= 4 is 19.8 Å². The normalized spacial score (nSPS) is 14.6. The van der Waals surface area contributed by atoms with Gasteiger partial charge in [-0.1, -0.05) is 118 Å². The molecule has 0 aliphatic heterocycles. The third kappa shape index (κ3) is 38.9. The van der Waals surface area contributed by atoms with Crippen LogP contribution in [0.3, 0.4) is 0 Å². The Hall–Kier alpha value is -2.81. The highest BCUT2D eigenvalue weighted by Gasteiger charge is 2.21. The summed E-state index contributed by atoms with van der Waals surface area (Å²) < 4.78 is 33.7. The second-order valence-electron chi connectivity index (χ2n) is 14.2. The van der Waals surface area contributed by atoms with Crippen molar-refractivity contribution < 1.29 is 42.1 Å². The molecule has 0 aromatic heterocycles. The summed E-state index contributed by atoms with van der Waals surface area (Å²) in [6, 6.07) is 0. The van der Waals surface area contributed by atoms with Gasteiger partial charge in [-0.05, 0) is 83.5 Å². The number of unbranched alkanes of at least 4 members (excludes halogenated alkanes) is 7. The number of esters is 2. The van der Waals surface area contributed by atoms with Crippen LogP contribution in [-0.2, 0) is 32.7 Å². The van der Waals surface area contributed by atoms with Crippen molar-refractivity contribution in [2.45, 2.75) is 136 Å². The van der Waals surface area contributed by atoms with Gasteiger partial charge >= 0.3 is 11.9 Å². The highest BCUT2D eigenvalue weighted by molar-refractivity contribution is 7.45. The third-order valence-corrected chi connectivity index (χ3v) is 8.87. The number of phosphoric acid groups is 1. The van der Waals surface area contributed by atoms with Crippen LogP contribution in [0.5, 0.6) is 0 Å². The maximum absolute atomic E-state index is 12.6. The number of ether oxygens (including phenoxy) is 2. The molecule has 0 aromatic rings. The van der Waals surface area contributed by atoms with Crippen LogP contribution in [0.1, 0.15) is 129 Å². The molecule has 0 aliphatic rings. The van der Waals surface area contributed by atoms with Crippen molar-refractivity contribution in [3.8, 4) is 0 Å². The van der Waals surface area contributed by atoms with Gasteiger partial charge in [0.25, 0.3) is 7.82 Å². The molecule has 2 atom stereocenters. The van der Waals surface area contributed by atoms with Crippen LogP contribution < -0.4 is 4.89 Å². The summed E-state index contributed by atoms with van der Waals surface area (Å²) in [7, 11) is 1.11. The molecule has 0 aliphatic carbocycles. The first-order chi connectivity index (χ1) is 26.0. The van der Waals surface area contributed by atoms with Gasteiger partial charge in [0.05, 0.1) is 27.7 Å². The zero-order valence-electron chi connectivity index (χ0n) is 34.4. The highest BCUT2D eigenvalue weighted by atomic mass is 31.2. The average Bonchev–Trinajstić information content (AvgIpc) is 3.12. The molecule has 0 bridgehead atoms. The number of likely N-dealkylation sites (N-methyl/N-ethyl adjacent to an activating group) is 1. The van der Waals surface area contributed by atoms with Crippen molar-refractivity contribution in [1.82, 2.24) is 0 Å². The second-order valence-corrected chi connectivity index (χ2v) is 15.6. The van der Waals surface area contributed by atoms with Crippen LogP contribution in [0.4, 0.5) is 0 Å². The Morgan fingerprint density at radius 2 is 1.00 bits per heavy atom. The summed E-state index contributed by atoms with van der Waals surface area (Å²) in [6.07, 6.45) is 44.7. The minimum absolute atomic E-state index is 0.0469. The molecule has 54 heavy (non-hydrogen) atoms. The van der Waals surface area contributed by atoms with E-state index in [-0.39, 0.29) is 26.1 Å². The van der Waals surface area contributed by atoms with E-state index in [0.29, 0.717) is 23.9 Å². The van der Waals surface area contributed by atoms with Crippen LogP contribution in [0, 0.1) is 0 Å². The first-order valence-electron chi connectivity index (χ1n) is 20.3. The van der Waals surface area contributed by atoms with Gasteiger partial charge in [-0.2, -0.15) is 0 Å². The van der Waals surface area contributed by atoms with Gasteiger partial charge < -0.3 is 27.9 Å². The van der Waals surface area contributed by atoms with E-state index in [0.717, 1.165) is 89.9 Å². The quantitative estimate of drug-likeness (QED) is 0.0206. The Morgan fingerprint density at radius 3 is 1.52 bits per heavy atom. The number of hydrogen-bond acceptors (Lipinski definition) is 8. The van der Waals surface area contributed by atoms with Gasteiger partial charge in [0.1, 0.15) is 19.8 Å². The van der Waals surface area contributed by atoms with E-state index in [4.69, 9.17) is 18.5 Å². The fraction of sp³-hybridized carbons (Fsp3) is 0.636. The maximum atomic E-state index is 12.6. The lowest BCUT2D eigenvalue weighted by Crippen LogP contribution is -2.37. The van der Waals surface area contributed by atoms with E-state index in [2.05, 4.69) is 98.9 Å². The smallest absolute Gasteiger partial charge is 0.306 e. The monoisotopic (exact) mass is 776 g/mol. The minimum Gasteiger partial charge on any atom is -0.756 e. The predicted molar refractivity (Wildman–Crippen MR) is 222 cm³/mol. The Bertz CT molecular complexity index is 1200. The van der Waals surface area contributed by atoms with E-state index < -0.39 is 32.5 Å². The number of carbonyl (C=O) groups excluding carboxylic acids is 2. The molecule has 308 valence electrons. The minimum atomic E-state index is -4.64. The van der Waals surface area contributed by atoms with Gasteiger partial charge in [0.15, 0.2) is 6.10 Å². The van der Waals surface area contributed by atoms with Gasteiger partial charge in [-0.3, -0.25) is 14.2 Å². The lowest BCUT2D eigenvalue weighted by Gasteiger charge is -2.28. The number of nitrogens with zero attached hydrogens (tertiary/aromatic N) is 1. The molecule has 0 heterocycles. The van der Waals surface area contributed by atoms with E-state index in [1.54, 1.807) is 0 Å². The fourth-order valence-corrected chi connectivity index (χ4v) is 5.50. The summed E-state index contributed by atoms with van der Waals surface area (Å²) in [5, 5.41) is 0. The van der Waals surface area contributed by atoms with E-state index >= 15 is 0 Å². The summed E-state index contributed by atoms with van der Waals surface area (Å²) in [6.45, 7) is 3.89. The van der Waals surface area contributed by atoms with Gasteiger partial charge in [0.2, 0.25) is 0 Å². The van der Waals surface area contributed by atoms with Crippen molar-refractivity contribution in [3.63, 3.8) is 0 Å². The number of hydrogen-bond donors (Lipinski definition) is 0. The molecule has 0 saturated heterocycles. The van der Waals surface area contributed by atoms with Gasteiger partial charge in [0, 0.05) is 12.8 Å². The summed E-state index contributed by atoms with van der Waals surface area (Å²) >= 11 is 0. The first-order valence-corrected chi connectivity index (χ1v) is 21.8. The van der Waals surface area contributed by atoms with Crippen LogP contribution in [0.2, 0.25) is 0 Å². The molecule has 10 heteroatoms. The number of allylic oxidation sites excluding steroid dienone is 14. The predicted octanol–water partition coefficient (Wildman–Crippen LogP) is 10.6. The van der Waals surface area contributed by atoms with E-state index in [9.17, 15) is 19.0 Å². The Morgan fingerprint density at radius 1 is 0.574 bits per heavy atom. The SMILES string of the molecule is CC/C=C\C/C=C\C/C=C\C/C=C\CCCCC(=O)O[C@H](COC(=O)CCCCCCC/C=C\C/C=C\C/C=C\CC)COP(=O)([O-])OCC[N+](C)(C)C. The third-order valence-electron chi connectivity index (χ3n) is 7.91. The van der Waals surface area contributed by atoms with Crippen LogP contribution in [0.15, 0.2) is 85.1 Å². The highest BCUT2D eigenvalue weighted by Crippen LogP contribution is 2.38. The molecule has 0 spiro atoms. The Labute approximate surface area is 329 Å². The topological polar surface area (TPSA) is 111 Å². The molecular formula is C44H74NO8P. The first kappa shape index (κ1) is 51.2. The lowest BCUT2D eigenvalue weighted by molar-refractivity contribution is -0.870. The van der Waals surface area contributed by atoms with Crippen molar-refractivity contribution in [1.29, 1.82) is 0 Å². The molecule has 0 rings (SSSR count). The largest absolute Gasteiger partial charge is 0.756 e. The lowest BCUT2D eigenvalue weighted by atomic mass is 10.1. The van der Waals surface area contributed by atoms with Gasteiger partial charge in [-0.15, -0.1) is 0 Å². The average molecular weight is 776 g/mol. The van der Waals surface area contributed by atoms with Gasteiger partial charge in [-0.25, -0.2) is 0 Å². The zero-order chi connectivity index (χ0) is 40.0. The number of rotatable bonds is 35. The van der Waals surface area contributed by atoms with Crippen LogP contribution in [0.25, 0.3) is 0 Å². The Balaban J connectivity index is 4.53. The van der Waals surface area contributed by atoms with Crippen molar-refractivity contribution in [3.05, 3.63) is 85.1 Å². The fourth-order valence-electron chi connectivity index (χ4n) is 4.77. The van der Waals surface area contributed by atoms with Crippen molar-refractivity contribution in [2.75, 3.05) is 47.5 Å². The molecule has 0 aromatic carbocycles.